The monoisotopic (exact) mass is 542 g/mol. The largest absolute Gasteiger partial charge is 0.355 e. The molecule has 1 aromatic heterocycles. The standard InChI is InChI=1S/C40H34N2/c1-40(2,3)36-26-29(33-19-11-10-18-32(33)28-14-6-4-7-15-28)22-25-37(36)41-30-23-24-35-34-20-12-13-21-38(34)42(39(35)27-30)31-16-8-5-9-17-31/h4-27,41H,1-3H3. The molecule has 6 aromatic carbocycles. The van der Waals surface area contributed by atoms with Gasteiger partial charge in [-0.1, -0.05) is 124 Å². The average Bonchev–Trinajstić information content (AvgIpc) is 3.35. The third-order valence-corrected chi connectivity index (χ3v) is 8.12. The van der Waals surface area contributed by atoms with Crippen molar-refractivity contribution in [2.45, 2.75) is 26.2 Å². The third kappa shape index (κ3) is 4.65. The molecule has 0 fully saturated rings. The lowest BCUT2D eigenvalue weighted by Crippen LogP contribution is -2.14. The summed E-state index contributed by atoms with van der Waals surface area (Å²) < 4.78 is 2.37. The van der Waals surface area contributed by atoms with E-state index in [9.17, 15) is 0 Å². The molecule has 2 nitrogen and oxygen atoms in total. The molecule has 0 atom stereocenters. The second-order valence-corrected chi connectivity index (χ2v) is 12.0. The third-order valence-electron chi connectivity index (χ3n) is 8.12. The van der Waals surface area contributed by atoms with Crippen molar-refractivity contribution in [2.24, 2.45) is 0 Å². The van der Waals surface area contributed by atoms with Crippen molar-refractivity contribution in [3.63, 3.8) is 0 Å². The molecule has 204 valence electrons. The fourth-order valence-electron chi connectivity index (χ4n) is 6.10. The van der Waals surface area contributed by atoms with Gasteiger partial charge < -0.3 is 9.88 Å². The molecule has 0 unspecified atom stereocenters. The summed E-state index contributed by atoms with van der Waals surface area (Å²) in [7, 11) is 0. The molecular formula is C40H34N2. The smallest absolute Gasteiger partial charge is 0.0561 e. The number of aromatic nitrogens is 1. The van der Waals surface area contributed by atoms with E-state index in [4.69, 9.17) is 0 Å². The molecule has 7 rings (SSSR count). The highest BCUT2D eigenvalue weighted by molar-refractivity contribution is 6.10. The van der Waals surface area contributed by atoms with Crippen molar-refractivity contribution in [3.8, 4) is 27.9 Å². The Labute approximate surface area is 247 Å². The minimum Gasteiger partial charge on any atom is -0.355 e. The Morgan fingerprint density at radius 1 is 0.500 bits per heavy atom. The molecule has 1 heterocycles. The highest BCUT2D eigenvalue weighted by Gasteiger charge is 2.21. The zero-order chi connectivity index (χ0) is 28.7. The Hall–Kier alpha value is -5.08. The van der Waals surface area contributed by atoms with E-state index in [0.717, 1.165) is 17.1 Å². The first-order valence-corrected chi connectivity index (χ1v) is 14.6. The Bertz CT molecular complexity index is 2030. The molecule has 0 bridgehead atoms. The number of benzene rings is 6. The Morgan fingerprint density at radius 2 is 1.12 bits per heavy atom. The molecule has 0 spiro atoms. The summed E-state index contributed by atoms with van der Waals surface area (Å²) >= 11 is 0. The molecule has 2 heteroatoms. The highest BCUT2D eigenvalue weighted by Crippen LogP contribution is 2.39. The molecule has 0 saturated heterocycles. The molecule has 0 aliphatic carbocycles. The van der Waals surface area contributed by atoms with Crippen LogP contribution >= 0.6 is 0 Å². The van der Waals surface area contributed by atoms with Gasteiger partial charge >= 0.3 is 0 Å². The molecule has 7 aromatic rings. The topological polar surface area (TPSA) is 17.0 Å². The van der Waals surface area contributed by atoms with Crippen LogP contribution in [0.4, 0.5) is 11.4 Å². The first kappa shape index (κ1) is 25.9. The molecule has 0 radical (unpaired) electrons. The number of para-hydroxylation sites is 2. The van der Waals surface area contributed by atoms with E-state index in [1.165, 1.54) is 49.6 Å². The van der Waals surface area contributed by atoms with Crippen LogP contribution in [0.5, 0.6) is 0 Å². The van der Waals surface area contributed by atoms with E-state index < -0.39 is 0 Å². The lowest BCUT2D eigenvalue weighted by molar-refractivity contribution is 0.592. The van der Waals surface area contributed by atoms with Gasteiger partial charge in [0.2, 0.25) is 0 Å². The number of anilines is 2. The van der Waals surface area contributed by atoms with Gasteiger partial charge in [0.05, 0.1) is 11.0 Å². The van der Waals surface area contributed by atoms with Crippen molar-refractivity contribution in [3.05, 3.63) is 151 Å². The van der Waals surface area contributed by atoms with Crippen molar-refractivity contribution in [1.82, 2.24) is 4.57 Å². The second-order valence-electron chi connectivity index (χ2n) is 12.0. The van der Waals surface area contributed by atoms with Gasteiger partial charge in [0.15, 0.2) is 0 Å². The molecule has 0 saturated carbocycles. The molecule has 1 N–H and O–H groups in total. The fraction of sp³-hybridized carbons (Fsp3) is 0.100. The van der Waals surface area contributed by atoms with E-state index in [1.807, 2.05) is 0 Å². The van der Waals surface area contributed by atoms with E-state index in [0.29, 0.717) is 0 Å². The van der Waals surface area contributed by atoms with Crippen LogP contribution in [0.15, 0.2) is 146 Å². The number of nitrogens with one attached hydrogen (secondary N) is 1. The average molecular weight is 543 g/mol. The summed E-state index contributed by atoms with van der Waals surface area (Å²) in [5, 5.41) is 6.32. The summed E-state index contributed by atoms with van der Waals surface area (Å²) in [5.74, 6) is 0. The van der Waals surface area contributed by atoms with Gasteiger partial charge in [-0.2, -0.15) is 0 Å². The Morgan fingerprint density at radius 3 is 1.86 bits per heavy atom. The van der Waals surface area contributed by atoms with Crippen LogP contribution in [0.3, 0.4) is 0 Å². The maximum absolute atomic E-state index is 3.81. The molecule has 42 heavy (non-hydrogen) atoms. The van der Waals surface area contributed by atoms with Gasteiger partial charge in [0.25, 0.3) is 0 Å². The Kier molecular flexibility index (Phi) is 6.40. The number of hydrogen-bond acceptors (Lipinski definition) is 1. The van der Waals surface area contributed by atoms with Gasteiger partial charge in [0, 0.05) is 27.8 Å². The summed E-state index contributed by atoms with van der Waals surface area (Å²) in [4.78, 5) is 0. The van der Waals surface area contributed by atoms with Gasteiger partial charge in [-0.15, -0.1) is 0 Å². The van der Waals surface area contributed by atoms with Crippen molar-refractivity contribution < 1.29 is 0 Å². The van der Waals surface area contributed by atoms with Crippen LogP contribution in [-0.2, 0) is 5.41 Å². The predicted octanol–water partition coefficient (Wildman–Crippen LogP) is 11.2. The van der Waals surface area contributed by atoms with E-state index in [-0.39, 0.29) is 5.41 Å². The Balaban J connectivity index is 1.33. The van der Waals surface area contributed by atoms with Gasteiger partial charge in [-0.05, 0) is 75.7 Å². The number of fused-ring (bicyclic) bond motifs is 3. The maximum Gasteiger partial charge on any atom is 0.0561 e. The van der Waals surface area contributed by atoms with Gasteiger partial charge in [-0.3, -0.25) is 0 Å². The number of rotatable bonds is 5. The highest BCUT2D eigenvalue weighted by atomic mass is 15.0. The van der Waals surface area contributed by atoms with Gasteiger partial charge in [0.1, 0.15) is 0 Å². The van der Waals surface area contributed by atoms with Gasteiger partial charge in [-0.25, -0.2) is 0 Å². The maximum atomic E-state index is 3.81. The summed E-state index contributed by atoms with van der Waals surface area (Å²) in [5.41, 5.74) is 12.0. The second kappa shape index (κ2) is 10.4. The first-order chi connectivity index (χ1) is 20.5. The zero-order valence-electron chi connectivity index (χ0n) is 24.3. The summed E-state index contributed by atoms with van der Waals surface area (Å²) in [6.07, 6.45) is 0. The zero-order valence-corrected chi connectivity index (χ0v) is 24.3. The summed E-state index contributed by atoms with van der Waals surface area (Å²) in [6, 6.07) is 52.2. The van der Waals surface area contributed by atoms with Crippen molar-refractivity contribution in [1.29, 1.82) is 0 Å². The number of hydrogen-bond donors (Lipinski definition) is 1. The minimum absolute atomic E-state index is 0.0525. The SMILES string of the molecule is CC(C)(C)c1cc(-c2ccccc2-c2ccccc2)ccc1Nc1ccc2c3ccccc3n(-c3ccccc3)c2c1. The van der Waals surface area contributed by atoms with Crippen LogP contribution in [0.25, 0.3) is 49.7 Å². The van der Waals surface area contributed by atoms with Crippen LogP contribution < -0.4 is 5.32 Å². The van der Waals surface area contributed by atoms with Crippen molar-refractivity contribution in [2.75, 3.05) is 5.32 Å². The summed E-state index contributed by atoms with van der Waals surface area (Å²) in [6.45, 7) is 6.87. The fourth-order valence-corrected chi connectivity index (χ4v) is 6.10. The van der Waals surface area contributed by atoms with Crippen LogP contribution in [0, 0.1) is 0 Å². The lowest BCUT2D eigenvalue weighted by Gasteiger charge is -2.25. The van der Waals surface area contributed by atoms with Crippen LogP contribution in [-0.4, -0.2) is 4.57 Å². The molecule has 0 amide bonds. The molecular weight excluding hydrogens is 508 g/mol. The quantitative estimate of drug-likeness (QED) is 0.229. The number of nitrogens with zero attached hydrogens (tertiary/aromatic N) is 1. The normalized spacial score (nSPS) is 11.7. The van der Waals surface area contributed by atoms with Crippen LogP contribution in [0.1, 0.15) is 26.3 Å². The lowest BCUT2D eigenvalue weighted by atomic mass is 9.83. The van der Waals surface area contributed by atoms with Crippen molar-refractivity contribution >= 4 is 33.2 Å². The molecule has 0 aliphatic heterocycles. The van der Waals surface area contributed by atoms with E-state index in [1.54, 1.807) is 0 Å². The predicted molar refractivity (Wildman–Crippen MR) is 180 cm³/mol. The van der Waals surface area contributed by atoms with Crippen LogP contribution in [0.2, 0.25) is 0 Å². The minimum atomic E-state index is -0.0525. The van der Waals surface area contributed by atoms with E-state index >= 15 is 0 Å². The van der Waals surface area contributed by atoms with E-state index in [2.05, 4.69) is 176 Å². The molecule has 0 aliphatic rings. The first-order valence-electron chi connectivity index (χ1n) is 14.6.